The molecule has 2 aliphatic rings. The van der Waals surface area contributed by atoms with Gasteiger partial charge in [-0.15, -0.1) is 0 Å². The quantitative estimate of drug-likeness (QED) is 0.652. The van der Waals surface area contributed by atoms with Gasteiger partial charge in [-0.3, -0.25) is 9.59 Å². The molecule has 0 bridgehead atoms. The van der Waals surface area contributed by atoms with Crippen molar-refractivity contribution in [2.75, 3.05) is 19.9 Å². The Hall–Kier alpha value is -3.81. The van der Waals surface area contributed by atoms with E-state index in [0.717, 1.165) is 34.0 Å². The van der Waals surface area contributed by atoms with E-state index in [0.29, 0.717) is 31.7 Å². The first-order valence-corrected chi connectivity index (χ1v) is 11.1. The molecule has 3 heterocycles. The number of hydrogen-bond donors (Lipinski definition) is 1. The molecule has 1 N–H and O–H groups in total. The molecule has 2 aromatic carbocycles. The SMILES string of the molecule is Cc1nn(-c2ccccc2)c(C)c1C1C(=O)NCCN1C(=O)CCc1ccc2c(c1)OCO2. The number of fused-ring (bicyclic) bond motifs is 1. The summed E-state index contributed by atoms with van der Waals surface area (Å²) in [6, 6.07) is 14.8. The zero-order valence-electron chi connectivity index (χ0n) is 18.7. The van der Waals surface area contributed by atoms with Gasteiger partial charge in [0, 0.05) is 30.8 Å². The normalized spacial score (nSPS) is 17.2. The third-order valence-corrected chi connectivity index (χ3v) is 6.22. The lowest BCUT2D eigenvalue weighted by atomic mass is 9.99. The molecule has 1 saturated heterocycles. The van der Waals surface area contributed by atoms with Crippen LogP contribution < -0.4 is 14.8 Å². The lowest BCUT2D eigenvalue weighted by Gasteiger charge is -2.35. The van der Waals surface area contributed by atoms with E-state index >= 15 is 0 Å². The van der Waals surface area contributed by atoms with Crippen molar-refractivity contribution in [2.24, 2.45) is 0 Å². The molecule has 0 aliphatic carbocycles. The molecule has 2 aliphatic heterocycles. The summed E-state index contributed by atoms with van der Waals surface area (Å²) < 4.78 is 12.6. The lowest BCUT2D eigenvalue weighted by Crippen LogP contribution is -2.52. The zero-order chi connectivity index (χ0) is 22.9. The van der Waals surface area contributed by atoms with Crippen molar-refractivity contribution in [1.82, 2.24) is 20.0 Å². The van der Waals surface area contributed by atoms with Crippen LogP contribution in [0.4, 0.5) is 0 Å². The van der Waals surface area contributed by atoms with Crippen molar-refractivity contribution in [3.8, 4) is 17.2 Å². The van der Waals surface area contributed by atoms with E-state index in [1.54, 1.807) is 4.90 Å². The minimum absolute atomic E-state index is 0.0567. The first kappa shape index (κ1) is 21.1. The van der Waals surface area contributed by atoms with Gasteiger partial charge in [-0.05, 0) is 50.1 Å². The highest BCUT2D eigenvalue weighted by Gasteiger charge is 2.37. The summed E-state index contributed by atoms with van der Waals surface area (Å²) in [5.41, 5.74) is 4.30. The van der Waals surface area contributed by atoms with Gasteiger partial charge in [0.1, 0.15) is 6.04 Å². The Kier molecular flexibility index (Phi) is 5.50. The second kappa shape index (κ2) is 8.61. The number of amides is 2. The highest BCUT2D eigenvalue weighted by atomic mass is 16.7. The number of para-hydroxylation sites is 1. The number of hydrogen-bond acceptors (Lipinski definition) is 5. The molecule has 1 aromatic heterocycles. The average molecular weight is 447 g/mol. The number of rotatable bonds is 5. The molecule has 170 valence electrons. The summed E-state index contributed by atoms with van der Waals surface area (Å²) in [5, 5.41) is 7.60. The standard InChI is InChI=1S/C25H26N4O4/c1-16-23(17(2)29(27-16)19-6-4-3-5-7-19)24-25(31)26-12-13-28(24)22(30)11-9-18-8-10-20-21(14-18)33-15-32-20/h3-8,10,14,24H,9,11-13,15H2,1-2H3,(H,26,31). The Bertz CT molecular complexity index is 1200. The molecule has 5 rings (SSSR count). The largest absolute Gasteiger partial charge is 0.454 e. The first-order chi connectivity index (χ1) is 16.0. The number of carbonyl (C=O) groups excluding carboxylic acids is 2. The van der Waals surface area contributed by atoms with Crippen LogP contribution in [0.3, 0.4) is 0 Å². The van der Waals surface area contributed by atoms with Gasteiger partial charge in [0.25, 0.3) is 0 Å². The van der Waals surface area contributed by atoms with Crippen molar-refractivity contribution < 1.29 is 19.1 Å². The second-order valence-electron chi connectivity index (χ2n) is 8.30. The van der Waals surface area contributed by atoms with Crippen LogP contribution in [0.25, 0.3) is 5.69 Å². The van der Waals surface area contributed by atoms with Crippen molar-refractivity contribution in [2.45, 2.75) is 32.7 Å². The molecular formula is C25H26N4O4. The average Bonchev–Trinajstić information content (AvgIpc) is 3.41. The fraction of sp³-hybridized carbons (Fsp3) is 0.320. The summed E-state index contributed by atoms with van der Waals surface area (Å²) in [4.78, 5) is 28.0. The number of benzene rings is 2. The number of ether oxygens (including phenoxy) is 2. The Labute approximate surface area is 192 Å². The fourth-order valence-corrected chi connectivity index (χ4v) is 4.58. The third-order valence-electron chi connectivity index (χ3n) is 6.22. The van der Waals surface area contributed by atoms with Crippen LogP contribution in [-0.2, 0) is 16.0 Å². The predicted octanol–water partition coefficient (Wildman–Crippen LogP) is 2.85. The van der Waals surface area contributed by atoms with Gasteiger partial charge >= 0.3 is 0 Å². The second-order valence-corrected chi connectivity index (χ2v) is 8.30. The number of piperazine rings is 1. The highest BCUT2D eigenvalue weighted by molar-refractivity contribution is 5.90. The van der Waals surface area contributed by atoms with Crippen LogP contribution in [0.5, 0.6) is 11.5 Å². The topological polar surface area (TPSA) is 85.7 Å². The molecule has 8 heteroatoms. The summed E-state index contributed by atoms with van der Waals surface area (Å²) in [7, 11) is 0. The van der Waals surface area contributed by atoms with Gasteiger partial charge in [-0.25, -0.2) is 4.68 Å². The lowest BCUT2D eigenvalue weighted by molar-refractivity contribution is -0.143. The van der Waals surface area contributed by atoms with E-state index in [2.05, 4.69) is 10.4 Å². The number of nitrogens with zero attached hydrogens (tertiary/aromatic N) is 3. The number of carbonyl (C=O) groups is 2. The predicted molar refractivity (Wildman–Crippen MR) is 121 cm³/mol. The highest BCUT2D eigenvalue weighted by Crippen LogP contribution is 2.34. The van der Waals surface area contributed by atoms with Crippen LogP contribution in [-0.4, -0.2) is 46.4 Å². The van der Waals surface area contributed by atoms with Crippen LogP contribution in [0.2, 0.25) is 0 Å². The minimum atomic E-state index is -0.694. The van der Waals surface area contributed by atoms with Gasteiger partial charge in [0.15, 0.2) is 11.5 Å². The molecule has 1 unspecified atom stereocenters. The minimum Gasteiger partial charge on any atom is -0.454 e. The molecule has 33 heavy (non-hydrogen) atoms. The van der Waals surface area contributed by atoms with Gasteiger partial charge in [-0.2, -0.15) is 5.10 Å². The van der Waals surface area contributed by atoms with Crippen LogP contribution in [0, 0.1) is 13.8 Å². The molecule has 0 spiro atoms. The summed E-state index contributed by atoms with van der Waals surface area (Å²) in [5.74, 6) is 1.20. The zero-order valence-corrected chi connectivity index (χ0v) is 18.7. The number of aryl methyl sites for hydroxylation is 2. The molecule has 8 nitrogen and oxygen atoms in total. The maximum atomic E-state index is 13.3. The molecule has 2 amide bonds. The molecular weight excluding hydrogens is 420 g/mol. The van der Waals surface area contributed by atoms with E-state index in [1.807, 2.05) is 67.1 Å². The van der Waals surface area contributed by atoms with E-state index in [-0.39, 0.29) is 18.6 Å². The summed E-state index contributed by atoms with van der Waals surface area (Å²) in [6.45, 7) is 4.96. The van der Waals surface area contributed by atoms with Crippen molar-refractivity contribution in [3.05, 3.63) is 71.0 Å². The Morgan fingerprint density at radius 1 is 1.12 bits per heavy atom. The van der Waals surface area contributed by atoms with Crippen molar-refractivity contribution >= 4 is 11.8 Å². The van der Waals surface area contributed by atoms with E-state index in [4.69, 9.17) is 9.47 Å². The smallest absolute Gasteiger partial charge is 0.247 e. The van der Waals surface area contributed by atoms with Crippen molar-refractivity contribution in [3.63, 3.8) is 0 Å². The summed E-state index contributed by atoms with van der Waals surface area (Å²) >= 11 is 0. The molecule has 3 aromatic rings. The van der Waals surface area contributed by atoms with Crippen LogP contribution in [0.1, 0.15) is 35.0 Å². The van der Waals surface area contributed by atoms with Crippen LogP contribution >= 0.6 is 0 Å². The molecule has 0 radical (unpaired) electrons. The van der Waals surface area contributed by atoms with E-state index in [9.17, 15) is 9.59 Å². The van der Waals surface area contributed by atoms with E-state index in [1.165, 1.54) is 0 Å². The van der Waals surface area contributed by atoms with Gasteiger partial charge in [0.2, 0.25) is 18.6 Å². The fourth-order valence-electron chi connectivity index (χ4n) is 4.58. The maximum absolute atomic E-state index is 13.3. The third kappa shape index (κ3) is 3.92. The number of aromatic nitrogens is 2. The van der Waals surface area contributed by atoms with E-state index < -0.39 is 6.04 Å². The molecule has 1 fully saturated rings. The first-order valence-electron chi connectivity index (χ1n) is 11.1. The number of nitrogens with one attached hydrogen (secondary N) is 1. The molecule has 0 saturated carbocycles. The van der Waals surface area contributed by atoms with Gasteiger partial charge < -0.3 is 19.7 Å². The van der Waals surface area contributed by atoms with Crippen molar-refractivity contribution in [1.29, 1.82) is 0 Å². The monoisotopic (exact) mass is 446 g/mol. The Morgan fingerprint density at radius 3 is 2.73 bits per heavy atom. The van der Waals surface area contributed by atoms with Crippen LogP contribution in [0.15, 0.2) is 48.5 Å². The van der Waals surface area contributed by atoms with Gasteiger partial charge in [-0.1, -0.05) is 24.3 Å². The maximum Gasteiger partial charge on any atom is 0.247 e. The molecule has 1 atom stereocenters. The Balaban J connectivity index is 1.39. The summed E-state index contributed by atoms with van der Waals surface area (Å²) in [6.07, 6.45) is 0.857. The Morgan fingerprint density at radius 2 is 1.91 bits per heavy atom. The van der Waals surface area contributed by atoms with Gasteiger partial charge in [0.05, 0.1) is 11.4 Å².